The molecule has 0 atom stereocenters. The van der Waals surface area contributed by atoms with Crippen LogP contribution in [0.5, 0.6) is 0 Å². The minimum absolute atomic E-state index is 0.174. The second-order valence-corrected chi connectivity index (χ2v) is 5.86. The number of thiocarbonyl (C=S) groups is 1. The van der Waals surface area contributed by atoms with Gasteiger partial charge >= 0.3 is 0 Å². The average molecular weight is 309 g/mol. The van der Waals surface area contributed by atoms with Gasteiger partial charge in [0.25, 0.3) is 0 Å². The lowest BCUT2D eigenvalue weighted by Crippen LogP contribution is -2.51. The smallest absolute Gasteiger partial charge is 0.169 e. The minimum Gasteiger partial charge on any atom is -0.363 e. The molecular weight excluding hydrogens is 285 g/mol. The molecule has 1 saturated heterocycles. The molecule has 0 amide bonds. The largest absolute Gasteiger partial charge is 0.363 e. The van der Waals surface area contributed by atoms with Crippen molar-refractivity contribution in [1.82, 2.24) is 15.1 Å². The van der Waals surface area contributed by atoms with Crippen LogP contribution in [0.4, 0.5) is 4.39 Å². The molecular formula is C16H24FN3S. The summed E-state index contributed by atoms with van der Waals surface area (Å²) in [6, 6.07) is 6.77. The van der Waals surface area contributed by atoms with E-state index >= 15 is 0 Å². The Balaban J connectivity index is 1.72. The topological polar surface area (TPSA) is 18.5 Å². The Labute approximate surface area is 132 Å². The summed E-state index contributed by atoms with van der Waals surface area (Å²) in [7, 11) is 0. The molecule has 0 bridgehead atoms. The fraction of sp³-hybridized carbons (Fsp3) is 0.562. The van der Waals surface area contributed by atoms with Gasteiger partial charge in [-0.15, -0.1) is 0 Å². The van der Waals surface area contributed by atoms with E-state index in [1.807, 2.05) is 12.1 Å². The molecule has 1 aromatic carbocycles. The van der Waals surface area contributed by atoms with Crippen molar-refractivity contribution in [2.24, 2.45) is 0 Å². The highest BCUT2D eigenvalue weighted by Crippen LogP contribution is 2.09. The van der Waals surface area contributed by atoms with Crippen molar-refractivity contribution in [3.05, 3.63) is 35.6 Å². The van der Waals surface area contributed by atoms with Gasteiger partial charge in [0.15, 0.2) is 5.11 Å². The quantitative estimate of drug-likeness (QED) is 0.665. The Bertz CT molecular complexity index is 441. The van der Waals surface area contributed by atoms with Gasteiger partial charge in [-0.25, -0.2) is 4.39 Å². The number of hydrogen-bond acceptors (Lipinski definition) is 2. The maximum atomic E-state index is 12.9. The number of benzene rings is 1. The predicted octanol–water partition coefficient (Wildman–Crippen LogP) is 2.62. The van der Waals surface area contributed by atoms with E-state index in [4.69, 9.17) is 12.2 Å². The van der Waals surface area contributed by atoms with Crippen LogP contribution in [0.25, 0.3) is 0 Å². The van der Waals surface area contributed by atoms with Gasteiger partial charge in [0.2, 0.25) is 0 Å². The highest BCUT2D eigenvalue weighted by atomic mass is 32.1. The van der Waals surface area contributed by atoms with Crippen molar-refractivity contribution in [2.75, 3.05) is 32.7 Å². The highest BCUT2D eigenvalue weighted by molar-refractivity contribution is 7.80. The zero-order valence-electron chi connectivity index (χ0n) is 12.6. The molecule has 0 radical (unpaired) electrons. The number of hydrogen-bond donors (Lipinski definition) is 1. The van der Waals surface area contributed by atoms with Crippen molar-refractivity contribution >= 4 is 17.3 Å². The Morgan fingerprint density at radius 1 is 1.19 bits per heavy atom. The Morgan fingerprint density at radius 3 is 2.48 bits per heavy atom. The summed E-state index contributed by atoms with van der Waals surface area (Å²) in [6.07, 6.45) is 2.34. The summed E-state index contributed by atoms with van der Waals surface area (Å²) in [5, 5.41) is 4.20. The Morgan fingerprint density at radius 2 is 1.86 bits per heavy atom. The van der Waals surface area contributed by atoms with Gasteiger partial charge in [-0.3, -0.25) is 4.90 Å². The Hall–Kier alpha value is -1.20. The summed E-state index contributed by atoms with van der Waals surface area (Å²) in [5.41, 5.74) is 1.16. The summed E-state index contributed by atoms with van der Waals surface area (Å²) >= 11 is 5.42. The number of halogens is 1. The van der Waals surface area contributed by atoms with E-state index in [1.54, 1.807) is 0 Å². The van der Waals surface area contributed by atoms with Crippen LogP contribution in [0.3, 0.4) is 0 Å². The number of piperazine rings is 1. The molecule has 0 aromatic heterocycles. The summed E-state index contributed by atoms with van der Waals surface area (Å²) in [6.45, 7) is 7.92. The fourth-order valence-electron chi connectivity index (χ4n) is 2.44. The van der Waals surface area contributed by atoms with Gasteiger partial charge in [-0.2, -0.15) is 0 Å². The standard InChI is InChI=1S/C16H24FN3S/c1-2-3-8-18-16(21)20-11-9-19(10-12-20)13-14-4-6-15(17)7-5-14/h4-7H,2-3,8-13H2,1H3,(H,18,21). The van der Waals surface area contributed by atoms with Crippen molar-refractivity contribution in [1.29, 1.82) is 0 Å². The normalized spacial score (nSPS) is 16.0. The van der Waals surface area contributed by atoms with Crippen LogP contribution in [-0.2, 0) is 6.54 Å². The van der Waals surface area contributed by atoms with Crippen LogP contribution < -0.4 is 5.32 Å². The minimum atomic E-state index is -0.174. The lowest BCUT2D eigenvalue weighted by atomic mass is 10.2. The average Bonchev–Trinajstić information content (AvgIpc) is 2.50. The van der Waals surface area contributed by atoms with E-state index in [2.05, 4.69) is 22.0 Å². The van der Waals surface area contributed by atoms with Gasteiger partial charge in [-0.1, -0.05) is 25.5 Å². The molecule has 5 heteroatoms. The third-order valence-electron chi connectivity index (χ3n) is 3.79. The molecule has 0 unspecified atom stereocenters. The van der Waals surface area contributed by atoms with Crippen LogP contribution in [0.1, 0.15) is 25.3 Å². The number of rotatable bonds is 5. The molecule has 1 aliphatic heterocycles. The number of nitrogens with zero attached hydrogens (tertiary/aromatic N) is 2. The predicted molar refractivity (Wildman–Crippen MR) is 88.8 cm³/mol. The second kappa shape index (κ2) is 8.29. The van der Waals surface area contributed by atoms with E-state index in [9.17, 15) is 4.39 Å². The maximum absolute atomic E-state index is 12.9. The monoisotopic (exact) mass is 309 g/mol. The van der Waals surface area contributed by atoms with Crippen molar-refractivity contribution < 1.29 is 4.39 Å². The molecule has 1 N–H and O–H groups in total. The van der Waals surface area contributed by atoms with Gasteiger partial charge < -0.3 is 10.2 Å². The lowest BCUT2D eigenvalue weighted by molar-refractivity contribution is 0.174. The highest BCUT2D eigenvalue weighted by Gasteiger charge is 2.18. The molecule has 3 nitrogen and oxygen atoms in total. The van der Waals surface area contributed by atoms with Crippen LogP contribution in [0.2, 0.25) is 0 Å². The number of nitrogens with one attached hydrogen (secondary N) is 1. The van der Waals surface area contributed by atoms with E-state index in [0.29, 0.717) is 0 Å². The first kappa shape index (κ1) is 16.2. The first-order valence-corrected chi connectivity index (χ1v) is 8.09. The SMILES string of the molecule is CCCCNC(=S)N1CCN(Cc2ccc(F)cc2)CC1. The van der Waals surface area contributed by atoms with Crippen LogP contribution >= 0.6 is 12.2 Å². The van der Waals surface area contributed by atoms with Crippen LogP contribution in [0, 0.1) is 5.82 Å². The second-order valence-electron chi connectivity index (χ2n) is 5.48. The summed E-state index contributed by atoms with van der Waals surface area (Å²) < 4.78 is 12.9. The molecule has 1 fully saturated rings. The maximum Gasteiger partial charge on any atom is 0.169 e. The van der Waals surface area contributed by atoms with Crippen molar-refractivity contribution in [3.63, 3.8) is 0 Å². The molecule has 1 heterocycles. The van der Waals surface area contributed by atoms with Crippen LogP contribution in [-0.4, -0.2) is 47.6 Å². The lowest BCUT2D eigenvalue weighted by Gasteiger charge is -2.36. The van der Waals surface area contributed by atoms with Gasteiger partial charge in [0.05, 0.1) is 0 Å². The van der Waals surface area contributed by atoms with Crippen LogP contribution in [0.15, 0.2) is 24.3 Å². The van der Waals surface area contributed by atoms with E-state index in [0.717, 1.165) is 56.4 Å². The third-order valence-corrected chi connectivity index (χ3v) is 4.19. The Kier molecular flexibility index (Phi) is 6.39. The zero-order valence-corrected chi connectivity index (χ0v) is 13.5. The zero-order chi connectivity index (χ0) is 15.1. The fourth-order valence-corrected chi connectivity index (χ4v) is 2.73. The molecule has 1 aliphatic rings. The molecule has 1 aromatic rings. The molecule has 21 heavy (non-hydrogen) atoms. The first-order valence-electron chi connectivity index (χ1n) is 7.68. The third kappa shape index (κ3) is 5.25. The number of unbranched alkanes of at least 4 members (excludes halogenated alkanes) is 1. The molecule has 0 aliphatic carbocycles. The first-order chi connectivity index (χ1) is 10.2. The van der Waals surface area contributed by atoms with Gasteiger partial charge in [0, 0.05) is 39.3 Å². The van der Waals surface area contributed by atoms with E-state index < -0.39 is 0 Å². The van der Waals surface area contributed by atoms with E-state index in [-0.39, 0.29) is 5.82 Å². The van der Waals surface area contributed by atoms with E-state index in [1.165, 1.54) is 18.6 Å². The molecule has 2 rings (SSSR count). The summed E-state index contributed by atoms with van der Waals surface area (Å²) in [5.74, 6) is -0.174. The van der Waals surface area contributed by atoms with Gasteiger partial charge in [-0.05, 0) is 36.3 Å². The summed E-state index contributed by atoms with van der Waals surface area (Å²) in [4.78, 5) is 4.63. The molecule has 0 spiro atoms. The van der Waals surface area contributed by atoms with Crippen molar-refractivity contribution in [3.8, 4) is 0 Å². The van der Waals surface area contributed by atoms with Gasteiger partial charge in [0.1, 0.15) is 5.82 Å². The van der Waals surface area contributed by atoms with Crippen molar-refractivity contribution in [2.45, 2.75) is 26.3 Å². The molecule has 116 valence electrons. The molecule has 0 saturated carbocycles.